The third-order valence-corrected chi connectivity index (χ3v) is 8.61. The average molecular weight is 564 g/mol. The minimum atomic E-state index is 0.107. The van der Waals surface area contributed by atoms with Crippen LogP contribution >= 0.6 is 0 Å². The lowest BCUT2D eigenvalue weighted by Gasteiger charge is -2.34. The number of aliphatic imine (C=N–C) groups is 2. The van der Waals surface area contributed by atoms with E-state index in [-0.39, 0.29) is 5.91 Å². The average Bonchev–Trinajstić information content (AvgIpc) is 3.35. The highest BCUT2D eigenvalue weighted by molar-refractivity contribution is 6.29. The Kier molecular flexibility index (Phi) is 9.63. The van der Waals surface area contributed by atoms with Crippen molar-refractivity contribution in [2.24, 2.45) is 17.0 Å². The Hall–Kier alpha value is -4.06. The number of benzene rings is 2. The van der Waals surface area contributed by atoms with Gasteiger partial charge in [0.25, 0.3) is 5.91 Å². The summed E-state index contributed by atoms with van der Waals surface area (Å²) >= 11 is 0. The van der Waals surface area contributed by atoms with Gasteiger partial charge in [0.15, 0.2) is 0 Å². The topological polar surface area (TPSA) is 80.2 Å². The van der Waals surface area contributed by atoms with Crippen LogP contribution in [0.3, 0.4) is 0 Å². The summed E-state index contributed by atoms with van der Waals surface area (Å²) in [6.45, 7) is 13.4. The van der Waals surface area contributed by atoms with Gasteiger partial charge < -0.3 is 14.4 Å². The van der Waals surface area contributed by atoms with E-state index in [9.17, 15) is 4.79 Å². The molecule has 2 saturated heterocycles. The molecular weight excluding hydrogens is 522 g/mol. The highest BCUT2D eigenvalue weighted by atomic mass is 16.2. The first-order valence-electron chi connectivity index (χ1n) is 14.9. The monoisotopic (exact) mass is 563 g/mol. The molecule has 2 aliphatic heterocycles. The van der Waals surface area contributed by atoms with Crippen LogP contribution in [-0.4, -0.2) is 89.5 Å². The predicted molar refractivity (Wildman–Crippen MR) is 170 cm³/mol. The van der Waals surface area contributed by atoms with Crippen molar-refractivity contribution in [2.45, 2.75) is 32.2 Å². The second-order valence-electron chi connectivity index (χ2n) is 11.4. The maximum atomic E-state index is 13.6. The van der Waals surface area contributed by atoms with E-state index in [1.807, 2.05) is 49.4 Å². The number of likely N-dealkylation sites (tertiary alicyclic amines) is 1. The molecule has 1 amide bonds. The molecule has 3 aromatic rings. The summed E-state index contributed by atoms with van der Waals surface area (Å²) in [6, 6.07) is 18.8. The normalized spacial score (nSPS) is 17.6. The second kappa shape index (κ2) is 13.7. The molecule has 2 aliphatic rings. The van der Waals surface area contributed by atoms with Crippen molar-refractivity contribution in [3.05, 3.63) is 83.7 Å². The van der Waals surface area contributed by atoms with Gasteiger partial charge in [0.05, 0.1) is 23.9 Å². The number of carbonyl (C=O) groups is 1. The number of rotatable bonds is 9. The Bertz CT molecular complexity index is 1500. The molecule has 0 N–H and O–H groups in total. The van der Waals surface area contributed by atoms with Crippen molar-refractivity contribution in [1.82, 2.24) is 19.3 Å². The lowest BCUT2D eigenvalue weighted by Crippen LogP contribution is -2.48. The number of aromatic nitrogens is 1. The molecule has 0 aliphatic carbocycles. The molecule has 42 heavy (non-hydrogen) atoms. The van der Waals surface area contributed by atoms with Crippen molar-refractivity contribution >= 4 is 28.7 Å². The SMILES string of the molecule is C=CN=C(C)C=NCCN1CCC(c2ccc3c(c2)cc(C(=O)N2CCN(Cc4ccc(C#N)cc4)CC2)n3C)CC1. The number of hydrogen-bond donors (Lipinski definition) is 0. The van der Waals surface area contributed by atoms with Crippen LogP contribution in [0.4, 0.5) is 0 Å². The largest absolute Gasteiger partial charge is 0.340 e. The zero-order valence-corrected chi connectivity index (χ0v) is 24.9. The molecule has 0 bridgehead atoms. The van der Waals surface area contributed by atoms with Gasteiger partial charge in [-0.1, -0.05) is 24.8 Å². The predicted octanol–water partition coefficient (Wildman–Crippen LogP) is 4.86. The van der Waals surface area contributed by atoms with E-state index in [2.05, 4.69) is 61.3 Å². The minimum absolute atomic E-state index is 0.107. The molecule has 8 nitrogen and oxygen atoms in total. The van der Waals surface area contributed by atoms with E-state index in [1.165, 1.54) is 11.1 Å². The molecule has 0 spiro atoms. The van der Waals surface area contributed by atoms with Crippen molar-refractivity contribution in [1.29, 1.82) is 5.26 Å². The van der Waals surface area contributed by atoms with Crippen LogP contribution in [0.15, 0.2) is 71.3 Å². The Morgan fingerprint density at radius 3 is 2.45 bits per heavy atom. The van der Waals surface area contributed by atoms with Gasteiger partial charge in [-0.2, -0.15) is 5.26 Å². The van der Waals surface area contributed by atoms with E-state index in [1.54, 1.807) is 6.20 Å². The number of carbonyl (C=O) groups excluding carboxylic acids is 1. The number of piperidine rings is 1. The molecule has 0 atom stereocenters. The fraction of sp³-hybridized carbons (Fsp3) is 0.412. The summed E-state index contributed by atoms with van der Waals surface area (Å²) in [5.74, 6) is 0.648. The van der Waals surface area contributed by atoms with Crippen LogP contribution in [0.1, 0.15) is 52.9 Å². The van der Waals surface area contributed by atoms with Crippen LogP contribution < -0.4 is 0 Å². The fourth-order valence-corrected chi connectivity index (χ4v) is 6.10. The molecule has 1 aromatic heterocycles. The van der Waals surface area contributed by atoms with Gasteiger partial charge >= 0.3 is 0 Å². The number of hydrogen-bond acceptors (Lipinski definition) is 6. The highest BCUT2D eigenvalue weighted by Gasteiger charge is 2.26. The van der Waals surface area contributed by atoms with Crippen LogP contribution in [0.25, 0.3) is 10.9 Å². The maximum Gasteiger partial charge on any atom is 0.270 e. The summed E-state index contributed by atoms with van der Waals surface area (Å²) in [5.41, 5.74) is 5.98. The Morgan fingerprint density at radius 2 is 1.76 bits per heavy atom. The van der Waals surface area contributed by atoms with Gasteiger partial charge in [0, 0.05) is 69.6 Å². The van der Waals surface area contributed by atoms with Crippen molar-refractivity contribution in [3.8, 4) is 6.07 Å². The van der Waals surface area contributed by atoms with Crippen LogP contribution in [0, 0.1) is 11.3 Å². The van der Waals surface area contributed by atoms with E-state index in [4.69, 9.17) is 5.26 Å². The minimum Gasteiger partial charge on any atom is -0.340 e. The van der Waals surface area contributed by atoms with Gasteiger partial charge in [-0.25, -0.2) is 0 Å². The smallest absolute Gasteiger partial charge is 0.270 e. The van der Waals surface area contributed by atoms with Gasteiger partial charge in [-0.15, -0.1) is 0 Å². The number of piperazine rings is 1. The molecular formula is C34H41N7O. The third kappa shape index (κ3) is 7.04. The van der Waals surface area contributed by atoms with Crippen LogP contribution in [0.2, 0.25) is 0 Å². The maximum absolute atomic E-state index is 13.6. The van der Waals surface area contributed by atoms with E-state index in [0.29, 0.717) is 24.6 Å². The molecule has 8 heteroatoms. The first-order valence-corrected chi connectivity index (χ1v) is 14.9. The van der Waals surface area contributed by atoms with Gasteiger partial charge in [0.1, 0.15) is 5.69 Å². The molecule has 3 heterocycles. The molecule has 2 fully saturated rings. The molecule has 218 valence electrons. The standard InChI is InChI=1S/C34H41N7O/c1-4-37-26(2)24-36-13-16-39-14-11-29(12-15-39)30-9-10-32-31(21-30)22-33(38(32)3)34(42)41-19-17-40(18-20-41)25-28-7-5-27(23-35)6-8-28/h4-10,21-22,24,29H,1,11-20,25H2,2-3H3. The van der Waals surface area contributed by atoms with Gasteiger partial charge in [-0.05, 0) is 80.2 Å². The zero-order valence-electron chi connectivity index (χ0n) is 24.9. The number of amides is 1. The molecule has 2 aromatic carbocycles. The first-order chi connectivity index (χ1) is 20.4. The van der Waals surface area contributed by atoms with Crippen molar-refractivity contribution in [3.63, 3.8) is 0 Å². The van der Waals surface area contributed by atoms with Crippen LogP contribution in [0.5, 0.6) is 0 Å². The van der Waals surface area contributed by atoms with E-state index < -0.39 is 0 Å². The van der Waals surface area contributed by atoms with Crippen molar-refractivity contribution in [2.75, 3.05) is 52.4 Å². The molecule has 0 unspecified atom stereocenters. The fourth-order valence-electron chi connectivity index (χ4n) is 6.10. The van der Waals surface area contributed by atoms with E-state index >= 15 is 0 Å². The number of aryl methyl sites for hydroxylation is 1. The van der Waals surface area contributed by atoms with Crippen LogP contribution in [-0.2, 0) is 13.6 Å². The summed E-state index contributed by atoms with van der Waals surface area (Å²) in [5, 5.41) is 10.2. The number of fused-ring (bicyclic) bond motifs is 1. The quantitative estimate of drug-likeness (QED) is 0.348. The first kappa shape index (κ1) is 29.4. The third-order valence-electron chi connectivity index (χ3n) is 8.61. The number of nitrogens with zero attached hydrogens (tertiary/aromatic N) is 7. The Morgan fingerprint density at radius 1 is 1.02 bits per heavy atom. The summed E-state index contributed by atoms with van der Waals surface area (Å²) in [7, 11) is 2.00. The summed E-state index contributed by atoms with van der Waals surface area (Å²) < 4.78 is 2.05. The summed E-state index contributed by atoms with van der Waals surface area (Å²) in [4.78, 5) is 29.0. The summed E-state index contributed by atoms with van der Waals surface area (Å²) in [6.07, 6.45) is 5.64. The second-order valence-corrected chi connectivity index (χ2v) is 11.4. The lowest BCUT2D eigenvalue weighted by atomic mass is 9.89. The number of nitriles is 1. The van der Waals surface area contributed by atoms with Gasteiger partial charge in [-0.3, -0.25) is 19.7 Å². The molecule has 0 saturated carbocycles. The Balaban J connectivity index is 1.14. The zero-order chi connectivity index (χ0) is 29.5. The Labute approximate surface area is 249 Å². The lowest BCUT2D eigenvalue weighted by molar-refractivity contribution is 0.0619. The van der Waals surface area contributed by atoms with Crippen molar-refractivity contribution < 1.29 is 4.79 Å². The molecule has 0 radical (unpaired) electrons. The molecule has 5 rings (SSSR count). The highest BCUT2D eigenvalue weighted by Crippen LogP contribution is 2.31. The van der Waals surface area contributed by atoms with Gasteiger partial charge in [0.2, 0.25) is 0 Å². The van der Waals surface area contributed by atoms with E-state index in [0.717, 1.165) is 81.0 Å².